The molecule has 0 radical (unpaired) electrons. The Labute approximate surface area is 137 Å². The molecule has 1 saturated heterocycles. The van der Waals surface area contributed by atoms with Gasteiger partial charge in [0, 0.05) is 14.1 Å². The van der Waals surface area contributed by atoms with Crippen LogP contribution in [0.25, 0.3) is 6.08 Å². The molecule has 1 N–H and O–H groups in total. The van der Waals surface area contributed by atoms with E-state index in [0.717, 1.165) is 9.13 Å². The number of phenols is 1. The Morgan fingerprint density at radius 3 is 2.74 bits per heavy atom. The minimum Gasteiger partial charge on any atom is -0.506 e. The van der Waals surface area contributed by atoms with Crippen molar-refractivity contribution in [3.05, 3.63) is 30.6 Å². The van der Waals surface area contributed by atoms with E-state index in [1.165, 1.54) is 16.7 Å². The molecule has 4 nitrogen and oxygen atoms in total. The third-order valence-corrected chi connectivity index (χ3v) is 5.11. The molecule has 1 fully saturated rings. The van der Waals surface area contributed by atoms with Gasteiger partial charge in [0.25, 0.3) is 5.91 Å². The van der Waals surface area contributed by atoms with Crippen molar-refractivity contribution in [1.29, 1.82) is 0 Å². The first-order valence-electron chi connectivity index (χ1n) is 5.26. The van der Waals surface area contributed by atoms with Crippen LogP contribution in [0.3, 0.4) is 0 Å². The van der Waals surface area contributed by atoms with Gasteiger partial charge in [0.1, 0.15) is 5.75 Å². The predicted octanol–water partition coefficient (Wildman–Crippen LogP) is 3.29. The number of benzene rings is 1. The van der Waals surface area contributed by atoms with Crippen LogP contribution in [-0.2, 0) is 4.79 Å². The number of nitrogens with zero attached hydrogens (tertiary/aromatic N) is 2. The average molecular weight is 453 g/mol. The summed E-state index contributed by atoms with van der Waals surface area (Å²) in [6.07, 6.45) is 1.80. The molecule has 2 rings (SSSR count). The summed E-state index contributed by atoms with van der Waals surface area (Å²) in [6, 6.07) is 3.60. The van der Waals surface area contributed by atoms with Crippen LogP contribution in [0.15, 0.2) is 26.5 Å². The van der Waals surface area contributed by atoms with Crippen LogP contribution < -0.4 is 0 Å². The van der Waals surface area contributed by atoms with Gasteiger partial charge in [-0.3, -0.25) is 14.7 Å². The van der Waals surface area contributed by atoms with Crippen molar-refractivity contribution in [2.45, 2.75) is 0 Å². The van der Waals surface area contributed by atoms with Crippen LogP contribution >= 0.6 is 50.3 Å². The molecule has 1 aliphatic rings. The molecule has 0 bridgehead atoms. The second kappa shape index (κ2) is 5.84. The summed E-state index contributed by atoms with van der Waals surface area (Å²) >= 11 is 6.68. The van der Waals surface area contributed by atoms with Gasteiger partial charge in [0.05, 0.1) is 12.9 Å². The molecule has 0 aromatic heterocycles. The topological polar surface area (TPSA) is 52.9 Å². The molecule has 0 unspecified atom stereocenters. The molecule has 0 aliphatic carbocycles. The minimum absolute atomic E-state index is 0.0650. The summed E-state index contributed by atoms with van der Waals surface area (Å²) in [4.78, 5) is 18.2. The maximum atomic E-state index is 12.0. The summed E-state index contributed by atoms with van der Waals surface area (Å²) < 4.78 is 1.34. The Morgan fingerprint density at radius 1 is 1.53 bits per heavy atom. The lowest BCUT2D eigenvalue weighted by Crippen LogP contribution is -2.23. The zero-order chi connectivity index (χ0) is 14.2. The van der Waals surface area contributed by atoms with Gasteiger partial charge in [0.2, 0.25) is 0 Å². The number of aliphatic imine (C=N–C) groups is 1. The Bertz CT molecular complexity index is 593. The molecule has 1 aliphatic heterocycles. The number of thioether (sulfide) groups is 1. The Balaban J connectivity index is 2.40. The third kappa shape index (κ3) is 2.97. The van der Waals surface area contributed by atoms with Crippen molar-refractivity contribution < 1.29 is 9.90 Å². The lowest BCUT2D eigenvalue weighted by atomic mass is 10.2. The van der Waals surface area contributed by atoms with Crippen molar-refractivity contribution >= 4 is 67.4 Å². The van der Waals surface area contributed by atoms with Gasteiger partial charge in [-0.25, -0.2) is 0 Å². The molecule has 100 valence electrons. The second-order valence-electron chi connectivity index (χ2n) is 3.81. The largest absolute Gasteiger partial charge is 0.506 e. The van der Waals surface area contributed by atoms with E-state index in [4.69, 9.17) is 0 Å². The van der Waals surface area contributed by atoms with E-state index >= 15 is 0 Å². The van der Waals surface area contributed by atoms with Gasteiger partial charge in [0.15, 0.2) is 5.17 Å². The first-order chi connectivity index (χ1) is 8.93. The number of phenolic OH excluding ortho intramolecular Hbond substituents is 1. The molecule has 1 amide bonds. The number of halogens is 2. The van der Waals surface area contributed by atoms with E-state index in [1.807, 2.05) is 28.7 Å². The maximum absolute atomic E-state index is 12.0. The molecular formula is C12H10BrIN2O2S. The number of amidine groups is 1. The highest BCUT2D eigenvalue weighted by atomic mass is 127. The molecule has 19 heavy (non-hydrogen) atoms. The quantitative estimate of drug-likeness (QED) is 0.525. The lowest BCUT2D eigenvalue weighted by Gasteiger charge is -2.05. The van der Waals surface area contributed by atoms with E-state index < -0.39 is 0 Å². The SMILES string of the molecule is CN=C1S/C(=C/c2cc(Br)c(O)c(I)c2)C(=O)N1C. The van der Waals surface area contributed by atoms with E-state index in [2.05, 4.69) is 20.9 Å². The second-order valence-corrected chi connectivity index (χ2v) is 6.84. The normalized spacial score (nSPS) is 19.8. The Morgan fingerprint density at radius 2 is 2.21 bits per heavy atom. The number of hydrogen-bond acceptors (Lipinski definition) is 4. The van der Waals surface area contributed by atoms with E-state index in [1.54, 1.807) is 26.2 Å². The molecule has 1 aromatic carbocycles. The van der Waals surface area contributed by atoms with Gasteiger partial charge >= 0.3 is 0 Å². The van der Waals surface area contributed by atoms with Crippen molar-refractivity contribution in [1.82, 2.24) is 4.90 Å². The Hall–Kier alpha value is -0.540. The van der Waals surface area contributed by atoms with Crippen LogP contribution in [0.5, 0.6) is 5.75 Å². The zero-order valence-corrected chi connectivity index (χ0v) is 14.7. The fourth-order valence-corrected chi connectivity index (χ4v) is 4.00. The van der Waals surface area contributed by atoms with Crippen molar-refractivity contribution in [3.63, 3.8) is 0 Å². The van der Waals surface area contributed by atoms with E-state index in [9.17, 15) is 9.90 Å². The molecular weight excluding hydrogens is 443 g/mol. The highest BCUT2D eigenvalue weighted by molar-refractivity contribution is 14.1. The average Bonchev–Trinajstić information content (AvgIpc) is 2.63. The highest BCUT2D eigenvalue weighted by Crippen LogP contribution is 2.34. The van der Waals surface area contributed by atoms with Crippen LogP contribution in [0.1, 0.15) is 5.56 Å². The monoisotopic (exact) mass is 452 g/mol. The smallest absolute Gasteiger partial charge is 0.266 e. The van der Waals surface area contributed by atoms with E-state index in [0.29, 0.717) is 14.5 Å². The first kappa shape index (κ1) is 14.9. The lowest BCUT2D eigenvalue weighted by molar-refractivity contribution is -0.121. The van der Waals surface area contributed by atoms with Crippen LogP contribution in [0.4, 0.5) is 0 Å². The maximum Gasteiger partial charge on any atom is 0.266 e. The number of carbonyl (C=O) groups excluding carboxylic acids is 1. The number of aromatic hydroxyl groups is 1. The van der Waals surface area contributed by atoms with Crippen LogP contribution in [0.2, 0.25) is 0 Å². The van der Waals surface area contributed by atoms with Gasteiger partial charge in [-0.05, 0) is 74.1 Å². The summed E-state index contributed by atoms with van der Waals surface area (Å²) in [7, 11) is 3.37. The van der Waals surface area contributed by atoms with Crippen LogP contribution in [0, 0.1) is 3.57 Å². The fourth-order valence-electron chi connectivity index (χ4n) is 1.57. The summed E-state index contributed by atoms with van der Waals surface area (Å²) in [5.41, 5.74) is 0.857. The number of carbonyl (C=O) groups is 1. The molecule has 1 heterocycles. The summed E-state index contributed by atoms with van der Waals surface area (Å²) in [5, 5.41) is 10.4. The molecule has 0 spiro atoms. The Kier molecular flexibility index (Phi) is 4.57. The molecule has 1 aromatic rings. The van der Waals surface area contributed by atoms with Gasteiger partial charge in [-0.15, -0.1) is 0 Å². The van der Waals surface area contributed by atoms with Gasteiger partial charge in [-0.2, -0.15) is 0 Å². The first-order valence-corrected chi connectivity index (χ1v) is 7.95. The number of rotatable bonds is 1. The fraction of sp³-hybridized carbons (Fsp3) is 0.167. The minimum atomic E-state index is -0.0650. The molecule has 0 atom stereocenters. The van der Waals surface area contributed by atoms with Crippen molar-refractivity contribution in [3.8, 4) is 5.75 Å². The number of amides is 1. The molecule has 0 saturated carbocycles. The number of likely N-dealkylation sites (N-methyl/N-ethyl adjacent to an activating group) is 1. The molecule has 7 heteroatoms. The van der Waals surface area contributed by atoms with Crippen molar-refractivity contribution in [2.75, 3.05) is 14.1 Å². The van der Waals surface area contributed by atoms with Crippen molar-refractivity contribution in [2.24, 2.45) is 4.99 Å². The summed E-state index contributed by atoms with van der Waals surface area (Å²) in [6.45, 7) is 0. The summed E-state index contributed by atoms with van der Waals surface area (Å²) in [5.74, 6) is 0.144. The predicted molar refractivity (Wildman–Crippen MR) is 90.2 cm³/mol. The van der Waals surface area contributed by atoms with Gasteiger partial charge < -0.3 is 5.11 Å². The van der Waals surface area contributed by atoms with Gasteiger partial charge in [-0.1, -0.05) is 0 Å². The standard InChI is InChI=1S/C12H10BrIN2O2S/c1-15-12-16(2)11(18)9(19-12)5-6-3-7(13)10(17)8(14)4-6/h3-5,17H,1-2H3/b9-5+,15-12?. The number of hydrogen-bond donors (Lipinski definition) is 1. The van der Waals surface area contributed by atoms with E-state index in [-0.39, 0.29) is 11.7 Å². The highest BCUT2D eigenvalue weighted by Gasteiger charge is 2.29. The third-order valence-electron chi connectivity index (χ3n) is 2.53. The zero-order valence-electron chi connectivity index (χ0n) is 10.1. The van der Waals surface area contributed by atoms with Crippen LogP contribution in [-0.4, -0.2) is 35.2 Å².